The summed E-state index contributed by atoms with van der Waals surface area (Å²) in [6.07, 6.45) is 2.63. The van der Waals surface area contributed by atoms with Crippen LogP contribution in [0.3, 0.4) is 0 Å². The van der Waals surface area contributed by atoms with Gasteiger partial charge in [0.2, 0.25) is 0 Å². The summed E-state index contributed by atoms with van der Waals surface area (Å²) in [7, 11) is 2.21. The average Bonchev–Trinajstić information content (AvgIpc) is 3.00. The Morgan fingerprint density at radius 3 is 2.30 bits per heavy atom. The Morgan fingerprint density at radius 2 is 1.72 bits per heavy atom. The smallest absolute Gasteiger partial charge is 0.410 e. The van der Waals surface area contributed by atoms with Crippen molar-refractivity contribution in [3.8, 4) is 0 Å². The van der Waals surface area contributed by atoms with Crippen molar-refractivity contribution in [3.63, 3.8) is 0 Å². The Bertz CT molecular complexity index is 1390. The molecule has 3 N–H and O–H groups in total. The number of piperidine rings is 1. The molecule has 4 heterocycles. The third-order valence-electron chi connectivity index (χ3n) is 9.39. The van der Waals surface area contributed by atoms with Gasteiger partial charge < -0.3 is 35.4 Å². The Morgan fingerprint density at radius 1 is 1.02 bits per heavy atom. The number of hydrogen-bond acceptors (Lipinski definition) is 10. The van der Waals surface area contributed by atoms with E-state index in [1.807, 2.05) is 33.8 Å². The highest BCUT2D eigenvalue weighted by molar-refractivity contribution is 5.96. The second kappa shape index (κ2) is 14.0. The fourth-order valence-corrected chi connectivity index (χ4v) is 6.84. The quantitative estimate of drug-likeness (QED) is 0.464. The van der Waals surface area contributed by atoms with E-state index in [0.717, 1.165) is 37.4 Å². The summed E-state index contributed by atoms with van der Waals surface area (Å²) in [5.41, 5.74) is 9.29. The number of carbonyl (C=O) groups excluding carboxylic acids is 2. The van der Waals surface area contributed by atoms with E-state index >= 15 is 0 Å². The molecule has 46 heavy (non-hydrogen) atoms. The number of anilines is 4. The molecule has 0 aliphatic carbocycles. The lowest BCUT2D eigenvalue weighted by Gasteiger charge is -2.43. The first-order chi connectivity index (χ1) is 21.8. The molecule has 3 aliphatic rings. The van der Waals surface area contributed by atoms with Gasteiger partial charge in [0.15, 0.2) is 17.3 Å². The lowest BCUT2D eigenvalue weighted by molar-refractivity contribution is 0.0218. The van der Waals surface area contributed by atoms with Crippen LogP contribution in [-0.2, 0) is 11.2 Å². The van der Waals surface area contributed by atoms with E-state index < -0.39 is 11.5 Å². The van der Waals surface area contributed by atoms with Crippen LogP contribution < -0.4 is 20.9 Å². The molecule has 12 nitrogen and oxygen atoms in total. The number of amides is 2. The minimum Gasteiger partial charge on any atom is -0.444 e. The minimum atomic E-state index is -0.629. The zero-order valence-electron chi connectivity index (χ0n) is 28.8. The van der Waals surface area contributed by atoms with Gasteiger partial charge >= 0.3 is 6.09 Å². The summed E-state index contributed by atoms with van der Waals surface area (Å²) in [5.74, 6) is 0.403. The molecule has 3 fully saturated rings. The van der Waals surface area contributed by atoms with Crippen LogP contribution in [0.15, 0.2) is 18.2 Å². The first kappa shape index (κ1) is 33.7. The number of aryl methyl sites for hydroxylation is 2. The Kier molecular flexibility index (Phi) is 10.3. The molecule has 252 valence electrons. The lowest BCUT2D eigenvalue weighted by Crippen LogP contribution is -2.55. The van der Waals surface area contributed by atoms with E-state index in [0.29, 0.717) is 49.4 Å². The number of nitrogens with one attached hydrogen (secondary N) is 1. The number of rotatable bonds is 7. The van der Waals surface area contributed by atoms with Crippen molar-refractivity contribution in [2.75, 3.05) is 81.1 Å². The first-order valence-electron chi connectivity index (χ1n) is 16.8. The highest BCUT2D eigenvalue weighted by Crippen LogP contribution is 2.31. The molecule has 1 aromatic heterocycles. The van der Waals surface area contributed by atoms with Gasteiger partial charge in [-0.05, 0) is 84.7 Å². The van der Waals surface area contributed by atoms with E-state index in [2.05, 4.69) is 57.9 Å². The van der Waals surface area contributed by atoms with E-state index in [4.69, 9.17) is 20.4 Å². The Balaban J connectivity index is 1.30. The van der Waals surface area contributed by atoms with Crippen LogP contribution in [0.1, 0.15) is 69.2 Å². The van der Waals surface area contributed by atoms with E-state index in [9.17, 15) is 9.59 Å². The van der Waals surface area contributed by atoms with Gasteiger partial charge in [-0.15, -0.1) is 0 Å². The minimum absolute atomic E-state index is 0.0323. The summed E-state index contributed by atoms with van der Waals surface area (Å²) >= 11 is 0. The van der Waals surface area contributed by atoms with Crippen LogP contribution in [0.25, 0.3) is 0 Å². The maximum absolute atomic E-state index is 12.7. The molecule has 1 atom stereocenters. The third-order valence-corrected chi connectivity index (χ3v) is 9.39. The molecule has 12 heteroatoms. The molecule has 0 radical (unpaired) electrons. The highest BCUT2D eigenvalue weighted by atomic mass is 16.6. The van der Waals surface area contributed by atoms with Crippen LogP contribution in [0.4, 0.5) is 27.8 Å². The summed E-state index contributed by atoms with van der Waals surface area (Å²) in [6.45, 7) is 20.1. The maximum atomic E-state index is 12.7. The molecule has 3 saturated heterocycles. The van der Waals surface area contributed by atoms with Gasteiger partial charge in [0.25, 0.3) is 5.91 Å². The van der Waals surface area contributed by atoms with Crippen LogP contribution in [0, 0.1) is 6.92 Å². The predicted molar refractivity (Wildman–Crippen MR) is 183 cm³/mol. The molecule has 3 aliphatic heterocycles. The van der Waals surface area contributed by atoms with Crippen molar-refractivity contribution in [2.24, 2.45) is 5.73 Å². The van der Waals surface area contributed by atoms with Crippen LogP contribution in [0.2, 0.25) is 0 Å². The van der Waals surface area contributed by atoms with Gasteiger partial charge in [0.1, 0.15) is 5.60 Å². The number of likely N-dealkylation sites (N-methyl/N-ethyl adjacent to an activating group) is 1. The fourth-order valence-electron chi connectivity index (χ4n) is 6.84. The van der Waals surface area contributed by atoms with Gasteiger partial charge in [-0.25, -0.2) is 14.8 Å². The zero-order valence-corrected chi connectivity index (χ0v) is 28.8. The molecular formula is C34H53N9O3. The maximum Gasteiger partial charge on any atom is 0.410 e. The summed E-state index contributed by atoms with van der Waals surface area (Å²) in [4.78, 5) is 46.4. The van der Waals surface area contributed by atoms with Crippen molar-refractivity contribution >= 4 is 35.0 Å². The molecule has 2 amide bonds. The Labute approximate surface area is 274 Å². The third kappa shape index (κ3) is 7.83. The van der Waals surface area contributed by atoms with Crippen molar-refractivity contribution in [2.45, 2.75) is 78.5 Å². The molecule has 0 saturated carbocycles. The zero-order chi connectivity index (χ0) is 33.2. The summed E-state index contributed by atoms with van der Waals surface area (Å²) < 4.78 is 5.60. The summed E-state index contributed by atoms with van der Waals surface area (Å²) in [5, 5.41) is 3.36. The van der Waals surface area contributed by atoms with Crippen LogP contribution in [0.5, 0.6) is 0 Å². The Hall–Kier alpha value is -3.64. The highest BCUT2D eigenvalue weighted by Gasteiger charge is 2.33. The van der Waals surface area contributed by atoms with E-state index in [1.54, 1.807) is 4.90 Å². The molecule has 0 spiro atoms. The first-order valence-corrected chi connectivity index (χ1v) is 16.8. The molecular weight excluding hydrogens is 582 g/mol. The van der Waals surface area contributed by atoms with E-state index in [1.165, 1.54) is 31.6 Å². The number of aromatic nitrogens is 2. The topological polar surface area (TPSA) is 123 Å². The number of nitrogens with zero attached hydrogens (tertiary/aromatic N) is 7. The van der Waals surface area contributed by atoms with Crippen molar-refractivity contribution in [1.82, 2.24) is 24.7 Å². The van der Waals surface area contributed by atoms with Gasteiger partial charge in [0, 0.05) is 82.4 Å². The van der Waals surface area contributed by atoms with Gasteiger partial charge in [0.05, 0.1) is 5.69 Å². The number of piperazine rings is 2. The normalized spacial score (nSPS) is 20.6. The molecule has 5 rings (SSSR count). The second-order valence-corrected chi connectivity index (χ2v) is 14.1. The van der Waals surface area contributed by atoms with Gasteiger partial charge in [-0.3, -0.25) is 9.69 Å². The monoisotopic (exact) mass is 635 g/mol. The van der Waals surface area contributed by atoms with Gasteiger partial charge in [-0.2, -0.15) is 0 Å². The average molecular weight is 636 g/mol. The SMILES string of the molecule is CCc1nc(C(N)=O)c(Nc2ccc(N3CCC(N4CCN(C)CC4)CC3)c(C)c2)nc1N1CCN(C(=O)OC(C)(C)C)C[C@H]1C. The molecule has 0 unspecified atom stereocenters. The number of nitrogens with two attached hydrogens (primary N) is 1. The number of benzene rings is 1. The standard InChI is InChI=1S/C34H53N9O3/c1-8-27-32(43-20-19-42(22-24(43)3)33(45)46-34(4,5)6)38-31(29(37-27)30(35)44)36-25-9-10-28(23(2)21-25)41-13-11-26(12-14-41)40-17-15-39(7)16-18-40/h9-10,21,24,26H,8,11-20,22H2,1-7H3,(H2,35,44)(H,36,38)/t24-/m1/s1. The van der Waals surface area contributed by atoms with Crippen molar-refractivity contribution in [3.05, 3.63) is 35.2 Å². The molecule has 1 aromatic carbocycles. The largest absolute Gasteiger partial charge is 0.444 e. The van der Waals surface area contributed by atoms with E-state index in [-0.39, 0.29) is 17.8 Å². The number of carbonyl (C=O) groups is 2. The van der Waals surface area contributed by atoms with Gasteiger partial charge in [-0.1, -0.05) is 6.92 Å². The fraction of sp³-hybridized carbons (Fsp3) is 0.647. The number of ether oxygens (including phenoxy) is 1. The number of hydrogen-bond donors (Lipinski definition) is 2. The molecule has 2 aromatic rings. The van der Waals surface area contributed by atoms with Crippen molar-refractivity contribution < 1.29 is 14.3 Å². The predicted octanol–water partition coefficient (Wildman–Crippen LogP) is 3.85. The number of primary amides is 1. The van der Waals surface area contributed by atoms with Crippen LogP contribution in [-0.4, -0.2) is 120 Å². The second-order valence-electron chi connectivity index (χ2n) is 14.1. The van der Waals surface area contributed by atoms with Crippen LogP contribution >= 0.6 is 0 Å². The lowest BCUT2D eigenvalue weighted by atomic mass is 10.0. The summed E-state index contributed by atoms with van der Waals surface area (Å²) in [6, 6.07) is 6.93. The molecule has 0 bridgehead atoms. The van der Waals surface area contributed by atoms with Crippen molar-refractivity contribution in [1.29, 1.82) is 0 Å².